The van der Waals surface area contributed by atoms with E-state index in [0.717, 1.165) is 27.6 Å². The molecule has 1 heterocycles. The molecule has 3 rings (SSSR count). The molecule has 1 aromatic heterocycles. The molecule has 40 heavy (non-hydrogen) atoms. The first-order chi connectivity index (χ1) is 19.0. The van der Waals surface area contributed by atoms with E-state index < -0.39 is 35.5 Å². The van der Waals surface area contributed by atoms with Gasteiger partial charge in [-0.05, 0) is 48.8 Å². The van der Waals surface area contributed by atoms with Crippen LogP contribution in [0.5, 0.6) is 11.5 Å². The van der Waals surface area contributed by atoms with Gasteiger partial charge in [0, 0.05) is 17.6 Å². The third kappa shape index (κ3) is 6.98. The molecule has 0 aliphatic heterocycles. The van der Waals surface area contributed by atoms with E-state index in [2.05, 4.69) is 10.3 Å². The lowest BCUT2D eigenvalue weighted by molar-refractivity contribution is -0.117. The molecule has 0 spiro atoms. The first-order valence-corrected chi connectivity index (χ1v) is 12.5. The van der Waals surface area contributed by atoms with E-state index in [1.807, 2.05) is 50.2 Å². The summed E-state index contributed by atoms with van der Waals surface area (Å²) in [6.45, 7) is 1.37. The van der Waals surface area contributed by atoms with Crippen molar-refractivity contribution in [3.63, 3.8) is 0 Å². The Labute approximate surface area is 234 Å². The number of nitriles is 1. The van der Waals surface area contributed by atoms with Crippen molar-refractivity contribution in [3.8, 4) is 17.6 Å². The van der Waals surface area contributed by atoms with E-state index in [0.29, 0.717) is 6.42 Å². The molecule has 1 amide bonds. The molecule has 0 aliphatic carbocycles. The zero-order valence-electron chi connectivity index (χ0n) is 22.0. The van der Waals surface area contributed by atoms with Crippen LogP contribution in [0.1, 0.15) is 37.1 Å². The summed E-state index contributed by atoms with van der Waals surface area (Å²) in [5.41, 5.74) is 0.406. The number of likely N-dealkylation sites (N-methyl/N-ethyl adjacent to an activating group) is 1. The number of benzene rings is 2. The lowest BCUT2D eigenvalue weighted by atomic mass is 9.96. The Morgan fingerprint density at radius 2 is 1.95 bits per heavy atom. The fourth-order valence-electron chi connectivity index (χ4n) is 3.77. The summed E-state index contributed by atoms with van der Waals surface area (Å²) in [6.07, 6.45) is 3.11. The van der Waals surface area contributed by atoms with Crippen LogP contribution in [-0.2, 0) is 17.3 Å². The van der Waals surface area contributed by atoms with Gasteiger partial charge in [-0.25, -0.2) is 9.37 Å². The number of halogens is 4. The minimum Gasteiger partial charge on any atom is -0.449 e. The summed E-state index contributed by atoms with van der Waals surface area (Å²) < 4.78 is 48.6. The summed E-state index contributed by atoms with van der Waals surface area (Å²) in [7, 11) is 1.42. The van der Waals surface area contributed by atoms with Crippen LogP contribution in [0.25, 0.3) is 5.57 Å². The smallest absolute Gasteiger partial charge is 0.321 e. The van der Waals surface area contributed by atoms with Gasteiger partial charge in [0.15, 0.2) is 12.4 Å². The SMILES string of the molecule is CC/C(C)=C(/C=C(/Cn1cnc(C(F)(F)CF)c(Oc2cc(Cl)cc(C#N)c2)c1=O)C(=O)NC)c1ccccc1. The second kappa shape index (κ2) is 13.1. The molecule has 0 fully saturated rings. The Bertz CT molecular complexity index is 1560. The summed E-state index contributed by atoms with van der Waals surface area (Å²) in [4.78, 5) is 30.0. The van der Waals surface area contributed by atoms with Crippen molar-refractivity contribution in [3.05, 3.63) is 104 Å². The quantitative estimate of drug-likeness (QED) is 0.232. The largest absolute Gasteiger partial charge is 0.449 e. The minimum atomic E-state index is -4.15. The van der Waals surface area contributed by atoms with Crippen molar-refractivity contribution >= 4 is 23.1 Å². The van der Waals surface area contributed by atoms with Crippen LogP contribution in [0.2, 0.25) is 5.02 Å². The molecule has 208 valence electrons. The highest BCUT2D eigenvalue weighted by Gasteiger charge is 2.39. The molecule has 3 aromatic rings. The number of hydrogen-bond acceptors (Lipinski definition) is 5. The van der Waals surface area contributed by atoms with Gasteiger partial charge in [-0.1, -0.05) is 54.4 Å². The first-order valence-electron chi connectivity index (χ1n) is 12.1. The van der Waals surface area contributed by atoms with Gasteiger partial charge in [0.1, 0.15) is 5.75 Å². The number of carbonyl (C=O) groups is 1. The second-order valence-electron chi connectivity index (χ2n) is 8.75. The highest BCUT2D eigenvalue weighted by atomic mass is 35.5. The monoisotopic (exact) mass is 570 g/mol. The number of allylic oxidation sites excluding steroid dienone is 3. The van der Waals surface area contributed by atoms with Gasteiger partial charge in [0.2, 0.25) is 11.7 Å². The van der Waals surface area contributed by atoms with Crippen molar-refractivity contribution in [1.82, 2.24) is 14.9 Å². The number of amides is 1. The van der Waals surface area contributed by atoms with Crippen molar-refractivity contribution in [1.29, 1.82) is 5.26 Å². The Kier molecular flexibility index (Phi) is 9.91. The summed E-state index contributed by atoms with van der Waals surface area (Å²) in [5, 5.41) is 11.8. The summed E-state index contributed by atoms with van der Waals surface area (Å²) >= 11 is 5.98. The zero-order valence-corrected chi connectivity index (χ0v) is 22.7. The highest BCUT2D eigenvalue weighted by molar-refractivity contribution is 6.30. The van der Waals surface area contributed by atoms with E-state index in [1.165, 1.54) is 25.2 Å². The fourth-order valence-corrected chi connectivity index (χ4v) is 3.99. The Morgan fingerprint density at radius 3 is 2.55 bits per heavy atom. The van der Waals surface area contributed by atoms with Gasteiger partial charge in [-0.2, -0.15) is 14.0 Å². The lowest BCUT2D eigenvalue weighted by Crippen LogP contribution is -2.31. The molecule has 0 atom stereocenters. The van der Waals surface area contributed by atoms with Crippen molar-refractivity contribution in [2.75, 3.05) is 13.7 Å². The fraction of sp³-hybridized carbons (Fsp3) is 0.241. The van der Waals surface area contributed by atoms with Gasteiger partial charge < -0.3 is 10.1 Å². The van der Waals surface area contributed by atoms with E-state index in [4.69, 9.17) is 16.3 Å². The predicted molar refractivity (Wildman–Crippen MR) is 146 cm³/mol. The number of aromatic nitrogens is 2. The lowest BCUT2D eigenvalue weighted by Gasteiger charge is -2.18. The number of hydrogen-bond donors (Lipinski definition) is 1. The van der Waals surface area contributed by atoms with Gasteiger partial charge >= 0.3 is 5.92 Å². The maximum atomic E-state index is 14.5. The maximum Gasteiger partial charge on any atom is 0.321 e. The van der Waals surface area contributed by atoms with Crippen molar-refractivity contribution < 1.29 is 22.7 Å². The van der Waals surface area contributed by atoms with Crippen LogP contribution >= 0.6 is 11.6 Å². The minimum absolute atomic E-state index is 0.0434. The number of rotatable bonds is 10. The van der Waals surface area contributed by atoms with Crippen LogP contribution in [0.15, 0.2) is 76.9 Å². The Morgan fingerprint density at radius 1 is 1.25 bits per heavy atom. The number of nitrogens with one attached hydrogen (secondary N) is 1. The molecule has 11 heteroatoms. The molecule has 7 nitrogen and oxygen atoms in total. The molecule has 2 aromatic carbocycles. The normalized spacial score (nSPS) is 12.4. The van der Waals surface area contributed by atoms with Crippen LogP contribution in [0.3, 0.4) is 0 Å². The van der Waals surface area contributed by atoms with Gasteiger partial charge in [0.05, 0.1) is 24.5 Å². The van der Waals surface area contributed by atoms with E-state index >= 15 is 0 Å². The predicted octanol–water partition coefficient (Wildman–Crippen LogP) is 6.18. The average molecular weight is 571 g/mol. The molecule has 1 N–H and O–H groups in total. The Balaban J connectivity index is 2.18. The number of alkyl halides is 3. The topological polar surface area (TPSA) is 97.0 Å². The molecule has 0 radical (unpaired) electrons. The molecule has 0 saturated carbocycles. The molecule has 0 bridgehead atoms. The van der Waals surface area contributed by atoms with Crippen molar-refractivity contribution in [2.45, 2.75) is 32.7 Å². The first kappa shape index (κ1) is 30.2. The van der Waals surface area contributed by atoms with Gasteiger partial charge in [0.25, 0.3) is 5.56 Å². The number of carbonyl (C=O) groups excluding carboxylic acids is 1. The van der Waals surface area contributed by atoms with E-state index in [9.17, 15) is 28.0 Å². The number of ether oxygens (including phenoxy) is 1. The Hall–Kier alpha value is -4.36. The van der Waals surface area contributed by atoms with Crippen molar-refractivity contribution in [2.24, 2.45) is 0 Å². The van der Waals surface area contributed by atoms with E-state index in [-0.39, 0.29) is 28.5 Å². The molecular weight excluding hydrogens is 545 g/mol. The van der Waals surface area contributed by atoms with Crippen LogP contribution in [0, 0.1) is 11.3 Å². The molecule has 0 saturated heterocycles. The third-order valence-electron chi connectivity index (χ3n) is 5.98. The third-order valence-corrected chi connectivity index (χ3v) is 6.20. The zero-order chi connectivity index (χ0) is 29.4. The summed E-state index contributed by atoms with van der Waals surface area (Å²) in [5.74, 6) is -5.83. The van der Waals surface area contributed by atoms with E-state index in [1.54, 1.807) is 6.08 Å². The standard InChI is InChI=1S/C29H26ClF3N4O3/c1-4-18(2)24(20-8-6-5-7-9-20)12-21(27(38)35-3)15-37-17-36-26(29(32,33)16-31)25(28(37)39)40-23-11-19(14-34)10-22(30)13-23/h5-13,17H,4,15-16H2,1-3H3,(H,35,38)/b21-12-,24-18-. The van der Waals surface area contributed by atoms with Crippen LogP contribution in [0.4, 0.5) is 13.2 Å². The molecule has 0 aliphatic rings. The second-order valence-corrected chi connectivity index (χ2v) is 9.18. The van der Waals surface area contributed by atoms with Gasteiger partial charge in [-0.15, -0.1) is 0 Å². The van der Waals surface area contributed by atoms with Crippen LogP contribution in [-0.4, -0.2) is 29.2 Å². The summed E-state index contributed by atoms with van der Waals surface area (Å²) in [6, 6.07) is 14.8. The highest BCUT2D eigenvalue weighted by Crippen LogP contribution is 2.35. The molecule has 0 unspecified atom stereocenters. The van der Waals surface area contributed by atoms with Gasteiger partial charge in [-0.3, -0.25) is 14.2 Å². The van der Waals surface area contributed by atoms with Crippen LogP contribution < -0.4 is 15.6 Å². The maximum absolute atomic E-state index is 14.5. The average Bonchev–Trinajstić information content (AvgIpc) is 2.96. The number of nitrogens with zero attached hydrogens (tertiary/aromatic N) is 3. The molecular formula is C29H26ClF3N4O3.